The van der Waals surface area contributed by atoms with Crippen molar-refractivity contribution in [2.24, 2.45) is 5.41 Å². The van der Waals surface area contributed by atoms with Crippen molar-refractivity contribution in [2.75, 3.05) is 20.3 Å². The molecular weight excluding hydrogens is 332 g/mol. The van der Waals surface area contributed by atoms with E-state index in [-0.39, 0.29) is 16.6 Å². The maximum absolute atomic E-state index is 12.8. The van der Waals surface area contributed by atoms with E-state index in [0.717, 1.165) is 5.69 Å². The highest BCUT2D eigenvalue weighted by atomic mass is 16.5. The minimum absolute atomic E-state index is 0.0179. The molecular formula is C19H20N4O3. The lowest BCUT2D eigenvalue weighted by molar-refractivity contribution is -0.111. The van der Waals surface area contributed by atoms with Gasteiger partial charge in [0.2, 0.25) is 0 Å². The number of hydrogen-bond acceptors (Lipinski definition) is 5. The van der Waals surface area contributed by atoms with Crippen LogP contribution in [0.5, 0.6) is 5.75 Å². The Hall–Kier alpha value is -2.93. The van der Waals surface area contributed by atoms with E-state index in [4.69, 9.17) is 9.47 Å². The molecule has 0 radical (unpaired) electrons. The largest absolute Gasteiger partial charge is 0.491 e. The van der Waals surface area contributed by atoms with Crippen molar-refractivity contribution in [3.8, 4) is 22.8 Å². The molecule has 2 aromatic heterocycles. The van der Waals surface area contributed by atoms with Gasteiger partial charge in [0.05, 0.1) is 50.6 Å². The van der Waals surface area contributed by atoms with E-state index in [2.05, 4.69) is 17.1 Å². The van der Waals surface area contributed by atoms with Crippen molar-refractivity contribution in [3.63, 3.8) is 0 Å². The molecule has 1 fully saturated rings. The minimum atomic E-state index is -0.253. The predicted molar refractivity (Wildman–Crippen MR) is 96.5 cm³/mol. The molecule has 1 aromatic carbocycles. The normalized spacial score (nSPS) is 15.5. The second-order valence-corrected chi connectivity index (χ2v) is 6.84. The van der Waals surface area contributed by atoms with Crippen molar-refractivity contribution in [1.29, 1.82) is 0 Å². The molecule has 3 heterocycles. The maximum Gasteiger partial charge on any atom is 0.251 e. The Morgan fingerprint density at radius 3 is 2.65 bits per heavy atom. The van der Waals surface area contributed by atoms with Gasteiger partial charge in [-0.3, -0.25) is 9.48 Å². The summed E-state index contributed by atoms with van der Waals surface area (Å²) in [5, 5.41) is 8.94. The monoisotopic (exact) mass is 352 g/mol. The summed E-state index contributed by atoms with van der Waals surface area (Å²) < 4.78 is 14.1. The van der Waals surface area contributed by atoms with Gasteiger partial charge in [-0.15, -0.1) is 0 Å². The predicted octanol–water partition coefficient (Wildman–Crippen LogP) is 2.14. The summed E-state index contributed by atoms with van der Waals surface area (Å²) in [5.74, 6) is 0.264. The first-order chi connectivity index (χ1) is 12.6. The van der Waals surface area contributed by atoms with Crippen LogP contribution in [0, 0.1) is 5.41 Å². The Morgan fingerprint density at radius 2 is 2.00 bits per heavy atom. The van der Waals surface area contributed by atoms with Gasteiger partial charge < -0.3 is 9.47 Å². The molecule has 4 rings (SSSR count). The second-order valence-electron chi connectivity index (χ2n) is 6.84. The molecule has 0 unspecified atom stereocenters. The number of hydrogen-bond donors (Lipinski definition) is 0. The van der Waals surface area contributed by atoms with Crippen LogP contribution in [0.4, 0.5) is 0 Å². The van der Waals surface area contributed by atoms with E-state index in [1.165, 1.54) is 7.11 Å². The molecule has 0 saturated carbocycles. The highest BCUT2D eigenvalue weighted by Gasteiger charge is 2.34. The van der Waals surface area contributed by atoms with Crippen LogP contribution in [-0.2, 0) is 11.3 Å². The molecule has 3 aromatic rings. The van der Waals surface area contributed by atoms with Crippen molar-refractivity contribution in [2.45, 2.75) is 13.5 Å². The zero-order valence-electron chi connectivity index (χ0n) is 14.8. The van der Waals surface area contributed by atoms with Gasteiger partial charge in [-0.25, -0.2) is 4.68 Å². The molecule has 0 N–H and O–H groups in total. The van der Waals surface area contributed by atoms with Crippen LogP contribution in [0.3, 0.4) is 0 Å². The number of para-hydroxylation sites is 1. The third kappa shape index (κ3) is 2.90. The number of benzene rings is 1. The summed E-state index contributed by atoms with van der Waals surface area (Å²) in [7, 11) is 1.49. The van der Waals surface area contributed by atoms with E-state index in [9.17, 15) is 4.79 Å². The number of nitrogens with zero attached hydrogens (tertiary/aromatic N) is 4. The topological polar surface area (TPSA) is 71.2 Å². The van der Waals surface area contributed by atoms with E-state index in [1.807, 2.05) is 30.3 Å². The van der Waals surface area contributed by atoms with Crippen LogP contribution in [-0.4, -0.2) is 39.9 Å². The highest BCUT2D eigenvalue weighted by Crippen LogP contribution is 2.29. The summed E-state index contributed by atoms with van der Waals surface area (Å²) >= 11 is 0. The molecule has 1 saturated heterocycles. The van der Waals surface area contributed by atoms with Crippen LogP contribution < -0.4 is 10.2 Å². The Balaban J connectivity index is 1.82. The first-order valence-electron chi connectivity index (χ1n) is 8.43. The van der Waals surface area contributed by atoms with Crippen molar-refractivity contribution >= 4 is 0 Å². The summed E-state index contributed by atoms with van der Waals surface area (Å²) in [5.41, 5.74) is 1.57. The third-order valence-electron chi connectivity index (χ3n) is 4.48. The van der Waals surface area contributed by atoms with Gasteiger partial charge in [-0.2, -0.15) is 10.2 Å². The van der Waals surface area contributed by atoms with Crippen molar-refractivity contribution in [3.05, 3.63) is 59.0 Å². The lowest BCUT2D eigenvalue weighted by Gasteiger charge is -2.38. The lowest BCUT2D eigenvalue weighted by Crippen LogP contribution is -2.43. The second kappa shape index (κ2) is 6.42. The summed E-state index contributed by atoms with van der Waals surface area (Å²) in [4.78, 5) is 12.8. The van der Waals surface area contributed by atoms with E-state index >= 15 is 0 Å². The van der Waals surface area contributed by atoms with Crippen molar-refractivity contribution in [1.82, 2.24) is 19.6 Å². The maximum atomic E-state index is 12.8. The van der Waals surface area contributed by atoms with E-state index in [1.54, 1.807) is 27.8 Å². The fourth-order valence-electron chi connectivity index (χ4n) is 3.10. The summed E-state index contributed by atoms with van der Waals surface area (Å²) in [6.07, 6.45) is 3.31. The van der Waals surface area contributed by atoms with Gasteiger partial charge in [0.15, 0.2) is 11.4 Å². The van der Waals surface area contributed by atoms with Gasteiger partial charge in [0.1, 0.15) is 0 Å². The van der Waals surface area contributed by atoms with E-state index in [0.29, 0.717) is 31.1 Å². The minimum Gasteiger partial charge on any atom is -0.491 e. The summed E-state index contributed by atoms with van der Waals surface area (Å²) in [6.45, 7) is 4.15. The first kappa shape index (κ1) is 16.5. The molecule has 1 aliphatic rings. The fraction of sp³-hybridized carbons (Fsp3) is 0.316. The quantitative estimate of drug-likeness (QED) is 0.704. The highest BCUT2D eigenvalue weighted by molar-refractivity contribution is 5.58. The molecule has 1 aliphatic heterocycles. The number of methoxy groups -OCH3 is 1. The van der Waals surface area contributed by atoms with Gasteiger partial charge in [-0.1, -0.05) is 25.1 Å². The standard InChI is InChI=1S/C19H20N4O3/c1-19(12-26-13-19)11-22-10-16(25-2)18(24)17(21-22)15-8-9-20-23(15)14-6-4-3-5-7-14/h3-10H,11-13H2,1-2H3. The number of aromatic nitrogens is 4. The Morgan fingerprint density at radius 1 is 1.23 bits per heavy atom. The smallest absolute Gasteiger partial charge is 0.251 e. The van der Waals surface area contributed by atoms with Crippen LogP contribution in [0.25, 0.3) is 17.1 Å². The van der Waals surface area contributed by atoms with Crippen molar-refractivity contribution < 1.29 is 9.47 Å². The third-order valence-corrected chi connectivity index (χ3v) is 4.48. The van der Waals surface area contributed by atoms with Crippen LogP contribution in [0.15, 0.2) is 53.6 Å². The van der Waals surface area contributed by atoms with Crippen LogP contribution >= 0.6 is 0 Å². The van der Waals surface area contributed by atoms with Crippen LogP contribution in [0.2, 0.25) is 0 Å². The number of ether oxygens (including phenoxy) is 2. The van der Waals surface area contributed by atoms with Gasteiger partial charge in [-0.05, 0) is 18.2 Å². The van der Waals surface area contributed by atoms with E-state index < -0.39 is 0 Å². The molecule has 134 valence electrons. The van der Waals surface area contributed by atoms with Gasteiger partial charge >= 0.3 is 0 Å². The number of rotatable bonds is 5. The lowest BCUT2D eigenvalue weighted by atomic mass is 9.89. The fourth-order valence-corrected chi connectivity index (χ4v) is 3.10. The SMILES string of the molecule is COc1cn(CC2(C)COC2)nc(-c2ccnn2-c2ccccc2)c1=O. The Labute approximate surface area is 150 Å². The zero-order valence-corrected chi connectivity index (χ0v) is 14.8. The summed E-state index contributed by atoms with van der Waals surface area (Å²) in [6, 6.07) is 11.4. The first-order valence-corrected chi connectivity index (χ1v) is 8.43. The Bertz CT molecular complexity index is 974. The molecule has 0 spiro atoms. The molecule has 7 nitrogen and oxygen atoms in total. The average Bonchev–Trinajstić information content (AvgIpc) is 3.12. The Kier molecular flexibility index (Phi) is 4.08. The van der Waals surface area contributed by atoms with Gasteiger partial charge in [0, 0.05) is 5.41 Å². The molecule has 26 heavy (non-hydrogen) atoms. The zero-order chi connectivity index (χ0) is 18.1. The molecule has 7 heteroatoms. The molecule has 0 bridgehead atoms. The van der Waals surface area contributed by atoms with Crippen LogP contribution in [0.1, 0.15) is 6.92 Å². The molecule has 0 aliphatic carbocycles. The van der Waals surface area contributed by atoms with Gasteiger partial charge in [0.25, 0.3) is 5.43 Å². The molecule has 0 amide bonds. The molecule has 0 atom stereocenters. The average molecular weight is 352 g/mol.